The largest absolute Gasteiger partial charge is 0.507 e. The second-order valence-electron chi connectivity index (χ2n) is 8.82. The Hall–Kier alpha value is -3.55. The Morgan fingerprint density at radius 1 is 1.17 bits per heavy atom. The quantitative estimate of drug-likeness (QED) is 0.170. The highest BCUT2D eigenvalue weighted by Crippen LogP contribution is 2.26. The summed E-state index contributed by atoms with van der Waals surface area (Å²) in [6.07, 6.45) is 10.4. The van der Waals surface area contributed by atoms with E-state index in [4.69, 9.17) is 13.9 Å². The van der Waals surface area contributed by atoms with Crippen molar-refractivity contribution in [2.24, 2.45) is 0 Å². The Kier molecular flexibility index (Phi) is 10.6. The molecule has 2 aromatic rings. The molecule has 0 aliphatic rings. The number of nitrogens with one attached hydrogen (secondary N) is 1. The number of aryl methyl sites for hydroxylation is 1. The Labute approximate surface area is 205 Å². The van der Waals surface area contributed by atoms with E-state index in [1.165, 1.54) is 18.9 Å². The number of hydrogen-bond donors (Lipinski definition) is 3. The maximum Gasteiger partial charge on any atom is 0.408 e. The lowest BCUT2D eigenvalue weighted by Gasteiger charge is -2.11. The normalized spacial score (nSPS) is 13.0. The highest BCUT2D eigenvalue weighted by molar-refractivity contribution is 6.11. The molecule has 2 heterocycles. The lowest BCUT2D eigenvalue weighted by molar-refractivity contribution is 0.102. The summed E-state index contributed by atoms with van der Waals surface area (Å²) in [4.78, 5) is 36.1. The SMILES string of the molecule is CCCCCCc1coc(/C=C(/C)C(=O)c2c(O)cc(C(C)CC/C=C(\C)NC(=O)O)oc2=O)c1. The van der Waals surface area contributed by atoms with Crippen molar-refractivity contribution in [1.82, 2.24) is 5.32 Å². The standard InChI is InChI=1S/C27H35NO7/c1-5-6-7-8-12-20-14-21(34-16-20)13-18(3)25(30)24-22(29)15-23(35-26(24)31)17(2)10-9-11-19(4)28-27(32)33/h11,13-17,28-29H,5-10,12H2,1-4H3,(H,32,33)/b18-13-,19-11+. The summed E-state index contributed by atoms with van der Waals surface area (Å²) in [5.41, 5.74) is 0.476. The number of unbranched alkanes of at least 4 members (excludes halogenated alkanes) is 3. The van der Waals surface area contributed by atoms with Gasteiger partial charge in [0, 0.05) is 23.3 Å². The van der Waals surface area contributed by atoms with E-state index in [9.17, 15) is 19.5 Å². The summed E-state index contributed by atoms with van der Waals surface area (Å²) in [6.45, 7) is 7.17. The fourth-order valence-corrected chi connectivity index (χ4v) is 3.70. The van der Waals surface area contributed by atoms with Gasteiger partial charge in [0.2, 0.25) is 0 Å². The molecular weight excluding hydrogens is 450 g/mol. The molecule has 8 nitrogen and oxygen atoms in total. The van der Waals surface area contributed by atoms with Gasteiger partial charge >= 0.3 is 11.7 Å². The summed E-state index contributed by atoms with van der Waals surface area (Å²) in [7, 11) is 0. The molecule has 1 atom stereocenters. The predicted octanol–water partition coefficient (Wildman–Crippen LogP) is 6.40. The third-order valence-electron chi connectivity index (χ3n) is 5.73. The lowest BCUT2D eigenvalue weighted by atomic mass is 9.99. The van der Waals surface area contributed by atoms with E-state index in [0.29, 0.717) is 24.3 Å². The van der Waals surface area contributed by atoms with Crippen molar-refractivity contribution in [1.29, 1.82) is 0 Å². The third kappa shape index (κ3) is 8.63. The first-order valence-electron chi connectivity index (χ1n) is 12.0. The first-order valence-corrected chi connectivity index (χ1v) is 12.0. The molecule has 0 radical (unpaired) electrons. The van der Waals surface area contributed by atoms with E-state index in [0.717, 1.165) is 24.8 Å². The van der Waals surface area contributed by atoms with Crippen molar-refractivity contribution in [3.63, 3.8) is 0 Å². The fraction of sp³-hybridized carbons (Fsp3) is 0.444. The van der Waals surface area contributed by atoms with Crippen molar-refractivity contribution in [2.75, 3.05) is 0 Å². The van der Waals surface area contributed by atoms with E-state index in [1.807, 2.05) is 13.0 Å². The van der Waals surface area contributed by atoms with E-state index >= 15 is 0 Å². The number of hydrogen-bond acceptors (Lipinski definition) is 6. The minimum atomic E-state index is -1.14. The Bertz CT molecular complexity index is 1140. The van der Waals surface area contributed by atoms with Crippen LogP contribution in [-0.4, -0.2) is 22.1 Å². The van der Waals surface area contributed by atoms with Crippen molar-refractivity contribution in [3.05, 3.63) is 68.8 Å². The molecule has 0 spiro atoms. The number of allylic oxidation sites excluding steroid dienone is 3. The van der Waals surface area contributed by atoms with Crippen LogP contribution in [0.25, 0.3) is 6.08 Å². The average Bonchev–Trinajstić information content (AvgIpc) is 3.22. The number of furan rings is 1. The van der Waals surface area contributed by atoms with Gasteiger partial charge in [-0.25, -0.2) is 9.59 Å². The average molecular weight is 486 g/mol. The Balaban J connectivity index is 2.08. The highest BCUT2D eigenvalue weighted by Gasteiger charge is 2.22. The number of Topliss-reactive ketones (excluding diaryl/α,β-unsaturated/α-hetero) is 1. The minimum absolute atomic E-state index is 0.234. The third-order valence-corrected chi connectivity index (χ3v) is 5.73. The molecule has 3 N–H and O–H groups in total. The zero-order valence-corrected chi connectivity index (χ0v) is 20.8. The van der Waals surface area contributed by atoms with Crippen LogP contribution in [0, 0.1) is 0 Å². The zero-order chi connectivity index (χ0) is 26.0. The molecule has 0 saturated heterocycles. The van der Waals surface area contributed by atoms with Crippen LogP contribution < -0.4 is 10.9 Å². The number of aromatic hydroxyl groups is 1. The number of carbonyl (C=O) groups excluding carboxylic acids is 1. The van der Waals surface area contributed by atoms with Gasteiger partial charge in [0.05, 0.1) is 6.26 Å². The molecule has 0 saturated carbocycles. The minimum Gasteiger partial charge on any atom is -0.507 e. The van der Waals surface area contributed by atoms with Crippen molar-refractivity contribution >= 4 is 18.0 Å². The van der Waals surface area contributed by atoms with Crippen molar-refractivity contribution < 1.29 is 28.6 Å². The number of amides is 1. The topological polar surface area (TPSA) is 130 Å². The summed E-state index contributed by atoms with van der Waals surface area (Å²) in [5.74, 6) is -0.536. The van der Waals surface area contributed by atoms with Gasteiger partial charge in [0.15, 0.2) is 5.78 Å². The van der Waals surface area contributed by atoms with Crippen LogP contribution in [0.2, 0.25) is 0 Å². The van der Waals surface area contributed by atoms with Crippen LogP contribution in [0.4, 0.5) is 4.79 Å². The summed E-state index contributed by atoms with van der Waals surface area (Å²) < 4.78 is 10.9. The van der Waals surface area contributed by atoms with E-state index in [-0.39, 0.29) is 17.3 Å². The molecule has 8 heteroatoms. The van der Waals surface area contributed by atoms with Crippen LogP contribution in [0.1, 0.15) is 99.6 Å². The Morgan fingerprint density at radius 3 is 2.57 bits per heavy atom. The summed E-state index contributed by atoms with van der Waals surface area (Å²) >= 11 is 0. The molecule has 1 unspecified atom stereocenters. The van der Waals surface area contributed by atoms with Gasteiger partial charge in [-0.15, -0.1) is 0 Å². The number of ketones is 1. The Morgan fingerprint density at radius 2 is 1.91 bits per heavy atom. The summed E-state index contributed by atoms with van der Waals surface area (Å²) in [6, 6.07) is 3.16. The maximum absolute atomic E-state index is 12.9. The van der Waals surface area contributed by atoms with Crippen LogP contribution in [0.15, 0.2) is 49.4 Å². The van der Waals surface area contributed by atoms with Gasteiger partial charge in [-0.1, -0.05) is 39.2 Å². The molecule has 0 bridgehead atoms. The van der Waals surface area contributed by atoms with Gasteiger partial charge < -0.3 is 19.0 Å². The van der Waals surface area contributed by atoms with Crippen LogP contribution >= 0.6 is 0 Å². The van der Waals surface area contributed by atoms with E-state index in [2.05, 4.69) is 12.2 Å². The van der Waals surface area contributed by atoms with Crippen molar-refractivity contribution in [3.8, 4) is 5.75 Å². The number of carbonyl (C=O) groups is 2. The predicted molar refractivity (Wildman–Crippen MR) is 134 cm³/mol. The monoisotopic (exact) mass is 485 g/mol. The van der Waals surface area contributed by atoms with Gasteiger partial charge in [0.1, 0.15) is 22.8 Å². The zero-order valence-electron chi connectivity index (χ0n) is 20.8. The molecule has 0 aromatic carbocycles. The number of carboxylic acid groups (broad SMARTS) is 1. The van der Waals surface area contributed by atoms with Gasteiger partial charge in [-0.3, -0.25) is 10.1 Å². The molecule has 0 aliphatic carbocycles. The molecule has 0 fully saturated rings. The smallest absolute Gasteiger partial charge is 0.408 e. The van der Waals surface area contributed by atoms with Gasteiger partial charge in [-0.2, -0.15) is 0 Å². The molecular formula is C27H35NO7. The molecule has 2 rings (SSSR count). The molecule has 1 amide bonds. The van der Waals surface area contributed by atoms with Gasteiger partial charge in [-0.05, 0) is 57.2 Å². The maximum atomic E-state index is 12.9. The molecule has 35 heavy (non-hydrogen) atoms. The molecule has 190 valence electrons. The van der Waals surface area contributed by atoms with Crippen LogP contribution in [0.3, 0.4) is 0 Å². The lowest BCUT2D eigenvalue weighted by Crippen LogP contribution is -2.18. The van der Waals surface area contributed by atoms with Crippen molar-refractivity contribution in [2.45, 2.75) is 78.6 Å². The first-order chi connectivity index (χ1) is 16.6. The molecule has 2 aromatic heterocycles. The number of rotatable bonds is 13. The van der Waals surface area contributed by atoms with Gasteiger partial charge in [0.25, 0.3) is 0 Å². The first kappa shape index (κ1) is 27.7. The van der Waals surface area contributed by atoms with E-state index < -0.39 is 28.8 Å². The fourth-order valence-electron chi connectivity index (χ4n) is 3.70. The molecule has 0 aliphatic heterocycles. The van der Waals surface area contributed by atoms with E-state index in [1.54, 1.807) is 32.3 Å². The second-order valence-corrected chi connectivity index (χ2v) is 8.82. The van der Waals surface area contributed by atoms with Crippen LogP contribution in [0.5, 0.6) is 5.75 Å². The second kappa shape index (κ2) is 13.4. The van der Waals surface area contributed by atoms with Crippen LogP contribution in [-0.2, 0) is 6.42 Å². The summed E-state index contributed by atoms with van der Waals surface area (Å²) in [5, 5.41) is 21.4. The highest BCUT2D eigenvalue weighted by atomic mass is 16.4.